The Morgan fingerprint density at radius 2 is 1.91 bits per heavy atom. The molecule has 2 fully saturated rings. The third kappa shape index (κ3) is 4.41. The summed E-state index contributed by atoms with van der Waals surface area (Å²) in [4.78, 5) is 31.5. The first-order valence-corrected chi connectivity index (χ1v) is 12.5. The minimum absolute atomic E-state index is 0.108. The number of ketones is 1. The molecule has 3 unspecified atom stereocenters. The van der Waals surface area contributed by atoms with Crippen molar-refractivity contribution < 1.29 is 23.8 Å². The second-order valence-corrected chi connectivity index (χ2v) is 9.37. The number of Topliss-reactive ketones (excluding diaryl/α,β-unsaturated/α-hetero) is 1. The zero-order chi connectivity index (χ0) is 22.8. The van der Waals surface area contributed by atoms with Crippen LogP contribution in [0.25, 0.3) is 0 Å². The highest BCUT2D eigenvalue weighted by atomic mass is 16.5. The summed E-state index contributed by atoms with van der Waals surface area (Å²) < 4.78 is 17.4. The highest BCUT2D eigenvalue weighted by Gasteiger charge is 2.51. The maximum atomic E-state index is 13.7. The van der Waals surface area contributed by atoms with Crippen LogP contribution in [0, 0.1) is 5.92 Å². The maximum Gasteiger partial charge on any atom is 0.290 e. The van der Waals surface area contributed by atoms with Gasteiger partial charge in [-0.25, -0.2) is 0 Å². The molecule has 7 nitrogen and oxygen atoms in total. The Balaban J connectivity index is 1.43. The van der Waals surface area contributed by atoms with E-state index in [0.29, 0.717) is 24.5 Å². The molecule has 1 aromatic rings. The zero-order valence-corrected chi connectivity index (χ0v) is 19.5. The fraction of sp³-hybridized carbons (Fsp3) is 0.615. The van der Waals surface area contributed by atoms with Crippen LogP contribution in [0.5, 0.6) is 5.75 Å². The molecule has 0 bridgehead atoms. The average molecular weight is 455 g/mol. The van der Waals surface area contributed by atoms with Crippen molar-refractivity contribution in [1.82, 2.24) is 9.80 Å². The van der Waals surface area contributed by atoms with Crippen LogP contribution in [0.15, 0.2) is 35.6 Å². The highest BCUT2D eigenvalue weighted by Crippen LogP contribution is 2.47. The maximum absolute atomic E-state index is 13.7. The van der Waals surface area contributed by atoms with Crippen LogP contribution >= 0.6 is 0 Å². The molecule has 3 atom stereocenters. The van der Waals surface area contributed by atoms with Crippen molar-refractivity contribution in [2.24, 2.45) is 5.92 Å². The summed E-state index contributed by atoms with van der Waals surface area (Å²) in [7, 11) is 0. The van der Waals surface area contributed by atoms with Crippen LogP contribution in [0.3, 0.4) is 0 Å². The smallest absolute Gasteiger partial charge is 0.290 e. The topological polar surface area (TPSA) is 68.3 Å². The number of carbonyl (C=O) groups excluding carboxylic acids is 2. The quantitative estimate of drug-likeness (QED) is 0.631. The summed E-state index contributed by atoms with van der Waals surface area (Å²) in [5.74, 6) is 0.884. The molecule has 7 heteroatoms. The lowest BCUT2D eigenvalue weighted by atomic mass is 9.77. The van der Waals surface area contributed by atoms with Crippen molar-refractivity contribution in [3.05, 3.63) is 41.2 Å². The fourth-order valence-electron chi connectivity index (χ4n) is 5.70. The van der Waals surface area contributed by atoms with Gasteiger partial charge in [-0.1, -0.05) is 18.6 Å². The minimum Gasteiger partial charge on any atom is -0.494 e. The van der Waals surface area contributed by atoms with Gasteiger partial charge >= 0.3 is 0 Å². The number of hydrogen-bond acceptors (Lipinski definition) is 6. The van der Waals surface area contributed by atoms with Gasteiger partial charge in [0.1, 0.15) is 11.9 Å². The second-order valence-electron chi connectivity index (χ2n) is 9.37. The van der Waals surface area contributed by atoms with E-state index in [-0.39, 0.29) is 23.7 Å². The zero-order valence-electron chi connectivity index (χ0n) is 19.5. The lowest BCUT2D eigenvalue weighted by Crippen LogP contribution is -2.39. The van der Waals surface area contributed by atoms with Crippen LogP contribution in [0.2, 0.25) is 0 Å². The normalized spacial score (nSPS) is 27.9. The lowest BCUT2D eigenvalue weighted by Gasteiger charge is -2.35. The first-order valence-electron chi connectivity index (χ1n) is 12.5. The molecule has 3 aliphatic heterocycles. The number of hydrogen-bond donors (Lipinski definition) is 0. The Morgan fingerprint density at radius 1 is 1.09 bits per heavy atom. The van der Waals surface area contributed by atoms with Crippen molar-refractivity contribution in [3.63, 3.8) is 0 Å². The van der Waals surface area contributed by atoms with E-state index < -0.39 is 6.04 Å². The van der Waals surface area contributed by atoms with Gasteiger partial charge in [0.05, 0.1) is 37.4 Å². The van der Waals surface area contributed by atoms with Gasteiger partial charge < -0.3 is 19.1 Å². The SMILES string of the molecule is CCOc1cccc(C2C3=C(OC4CCCCC4C3=O)C(=O)N2CCCN2CCOCC2)c1. The van der Waals surface area contributed by atoms with E-state index in [0.717, 1.165) is 76.3 Å². The number of benzene rings is 1. The van der Waals surface area contributed by atoms with E-state index in [1.54, 1.807) is 0 Å². The summed E-state index contributed by atoms with van der Waals surface area (Å²) in [5.41, 5.74) is 1.47. The van der Waals surface area contributed by atoms with Crippen LogP contribution in [0.4, 0.5) is 0 Å². The number of fused-ring (bicyclic) bond motifs is 1. The van der Waals surface area contributed by atoms with Gasteiger partial charge in [0.15, 0.2) is 11.5 Å². The molecule has 4 aliphatic rings. The van der Waals surface area contributed by atoms with Crippen LogP contribution in [0.1, 0.15) is 50.6 Å². The van der Waals surface area contributed by atoms with Crippen molar-refractivity contribution in [1.29, 1.82) is 0 Å². The average Bonchev–Trinajstić information content (AvgIpc) is 3.12. The molecular weight excluding hydrogens is 420 g/mol. The summed E-state index contributed by atoms with van der Waals surface area (Å²) in [5, 5.41) is 0. The van der Waals surface area contributed by atoms with Gasteiger partial charge in [-0.3, -0.25) is 14.5 Å². The van der Waals surface area contributed by atoms with E-state index in [1.165, 1.54) is 0 Å². The molecule has 1 aromatic carbocycles. The molecule has 1 aliphatic carbocycles. The molecule has 178 valence electrons. The lowest BCUT2D eigenvalue weighted by molar-refractivity contribution is -0.135. The number of amides is 1. The summed E-state index contributed by atoms with van der Waals surface area (Å²) in [6, 6.07) is 7.40. The van der Waals surface area contributed by atoms with Crippen molar-refractivity contribution in [3.8, 4) is 5.75 Å². The first kappa shape index (κ1) is 22.4. The van der Waals surface area contributed by atoms with Crippen molar-refractivity contribution in [2.45, 2.75) is 51.2 Å². The minimum atomic E-state index is -0.409. The molecule has 0 radical (unpaired) electrons. The van der Waals surface area contributed by atoms with Gasteiger partial charge in [-0.05, 0) is 50.3 Å². The Labute approximate surface area is 195 Å². The number of ether oxygens (including phenoxy) is 3. The van der Waals surface area contributed by atoms with Gasteiger partial charge in [0.2, 0.25) is 0 Å². The first-order chi connectivity index (χ1) is 16.2. The Kier molecular flexibility index (Phi) is 6.69. The van der Waals surface area contributed by atoms with Gasteiger partial charge in [0.25, 0.3) is 5.91 Å². The molecule has 33 heavy (non-hydrogen) atoms. The predicted octanol–water partition coefficient (Wildman–Crippen LogP) is 3.10. The molecule has 0 spiro atoms. The van der Waals surface area contributed by atoms with E-state index >= 15 is 0 Å². The van der Waals surface area contributed by atoms with E-state index in [4.69, 9.17) is 14.2 Å². The molecule has 5 rings (SSSR count). The molecule has 1 saturated heterocycles. The predicted molar refractivity (Wildman–Crippen MR) is 123 cm³/mol. The van der Waals surface area contributed by atoms with E-state index in [9.17, 15) is 9.59 Å². The second kappa shape index (κ2) is 9.85. The third-order valence-electron chi connectivity index (χ3n) is 7.32. The number of rotatable bonds is 7. The Hall–Kier alpha value is -2.38. The number of carbonyl (C=O) groups is 2. The van der Waals surface area contributed by atoms with Crippen molar-refractivity contribution in [2.75, 3.05) is 46.0 Å². The molecule has 1 amide bonds. The Morgan fingerprint density at radius 3 is 2.73 bits per heavy atom. The molecule has 0 aromatic heterocycles. The molecule has 0 N–H and O–H groups in total. The summed E-state index contributed by atoms with van der Waals surface area (Å²) in [6.45, 7) is 7.37. The summed E-state index contributed by atoms with van der Waals surface area (Å²) in [6.07, 6.45) is 4.47. The largest absolute Gasteiger partial charge is 0.494 e. The highest BCUT2D eigenvalue weighted by molar-refractivity contribution is 6.11. The van der Waals surface area contributed by atoms with Gasteiger partial charge in [-0.2, -0.15) is 0 Å². The van der Waals surface area contributed by atoms with E-state index in [2.05, 4.69) is 4.90 Å². The molecular formula is C26H34N2O5. The molecule has 1 saturated carbocycles. The van der Waals surface area contributed by atoms with Crippen LogP contribution in [-0.4, -0.2) is 73.6 Å². The third-order valence-corrected chi connectivity index (χ3v) is 7.32. The van der Waals surface area contributed by atoms with Crippen LogP contribution in [-0.2, 0) is 19.1 Å². The van der Waals surface area contributed by atoms with Crippen molar-refractivity contribution >= 4 is 11.7 Å². The van der Waals surface area contributed by atoms with Crippen LogP contribution < -0.4 is 4.74 Å². The summed E-state index contributed by atoms with van der Waals surface area (Å²) >= 11 is 0. The number of morpholine rings is 1. The Bertz CT molecular complexity index is 923. The molecule has 3 heterocycles. The van der Waals surface area contributed by atoms with Gasteiger partial charge in [-0.15, -0.1) is 0 Å². The van der Waals surface area contributed by atoms with E-state index in [1.807, 2.05) is 36.1 Å². The number of nitrogens with zero attached hydrogens (tertiary/aromatic N) is 2. The monoisotopic (exact) mass is 454 g/mol. The standard InChI is InChI=1S/C26H34N2O5/c1-2-32-19-8-5-7-18(17-19)23-22-24(29)20-9-3-4-10-21(20)33-25(22)26(30)28(23)12-6-11-27-13-15-31-16-14-27/h5,7-8,17,20-21,23H,2-4,6,9-16H2,1H3. The fourth-order valence-corrected chi connectivity index (χ4v) is 5.70. The van der Waals surface area contributed by atoms with Gasteiger partial charge in [0, 0.05) is 26.2 Å².